The summed E-state index contributed by atoms with van der Waals surface area (Å²) in [5.74, 6) is 0. The van der Waals surface area contributed by atoms with Crippen molar-refractivity contribution in [1.29, 1.82) is 0 Å². The van der Waals surface area contributed by atoms with Gasteiger partial charge in [0.1, 0.15) is 0 Å². The molecule has 18 heavy (non-hydrogen) atoms. The van der Waals surface area contributed by atoms with Gasteiger partial charge in [0.05, 0.1) is 0 Å². The van der Waals surface area contributed by atoms with Gasteiger partial charge in [-0.3, -0.25) is 0 Å². The van der Waals surface area contributed by atoms with Crippen LogP contribution in [0.2, 0.25) is 10.0 Å². The van der Waals surface area contributed by atoms with Crippen molar-refractivity contribution in [2.45, 2.75) is 52.0 Å². The molecule has 0 fully saturated rings. The summed E-state index contributed by atoms with van der Waals surface area (Å²) in [5.41, 5.74) is 1.35. The number of halogens is 2. The highest BCUT2D eigenvalue weighted by atomic mass is 35.5. The van der Waals surface area contributed by atoms with Gasteiger partial charge in [0.25, 0.3) is 0 Å². The highest BCUT2D eigenvalue weighted by Gasteiger charge is 2.23. The Labute approximate surface area is 121 Å². The lowest BCUT2D eigenvalue weighted by Gasteiger charge is -2.29. The Morgan fingerprint density at radius 3 is 2.17 bits per heavy atom. The van der Waals surface area contributed by atoms with Crippen LogP contribution in [0.25, 0.3) is 0 Å². The van der Waals surface area contributed by atoms with Crippen molar-refractivity contribution in [3.05, 3.63) is 33.8 Å². The number of hydrogen-bond acceptors (Lipinski definition) is 1. The smallest absolute Gasteiger partial charge is 0.0458 e. The van der Waals surface area contributed by atoms with E-state index in [4.69, 9.17) is 23.2 Å². The minimum Gasteiger partial charge on any atom is -0.312 e. The van der Waals surface area contributed by atoms with Crippen LogP contribution in [-0.2, 0) is 5.41 Å². The normalized spacial score (nSPS) is 12.8. The number of nitrogens with one attached hydrogen (secondary N) is 1. The second-order valence-electron chi connectivity index (χ2n) is 6.43. The topological polar surface area (TPSA) is 12.0 Å². The molecule has 3 heteroatoms. The molecule has 1 rings (SSSR count). The third-order valence-electron chi connectivity index (χ3n) is 3.07. The van der Waals surface area contributed by atoms with E-state index >= 15 is 0 Å². The van der Waals surface area contributed by atoms with Crippen molar-refractivity contribution < 1.29 is 0 Å². The van der Waals surface area contributed by atoms with Gasteiger partial charge in [0, 0.05) is 15.6 Å². The number of benzene rings is 1. The quantitative estimate of drug-likeness (QED) is 0.817. The number of rotatable bonds is 4. The molecule has 0 saturated carbocycles. The van der Waals surface area contributed by atoms with Crippen molar-refractivity contribution in [3.8, 4) is 0 Å². The van der Waals surface area contributed by atoms with Crippen LogP contribution in [0.5, 0.6) is 0 Å². The summed E-state index contributed by atoms with van der Waals surface area (Å²) in [7, 11) is 0. The Morgan fingerprint density at radius 2 is 1.67 bits per heavy atom. The third-order valence-corrected chi connectivity index (χ3v) is 3.61. The van der Waals surface area contributed by atoms with E-state index in [9.17, 15) is 0 Å². The molecule has 1 aromatic rings. The molecule has 0 atom stereocenters. The molecule has 1 nitrogen and oxygen atoms in total. The summed E-state index contributed by atoms with van der Waals surface area (Å²) < 4.78 is 0. The molecule has 0 aliphatic heterocycles. The highest BCUT2D eigenvalue weighted by Crippen LogP contribution is 2.34. The van der Waals surface area contributed by atoms with E-state index in [-0.39, 0.29) is 11.0 Å². The average Bonchev–Trinajstić information content (AvgIpc) is 2.13. The molecule has 0 bridgehead atoms. The van der Waals surface area contributed by atoms with Crippen LogP contribution in [0.3, 0.4) is 0 Å². The minimum atomic E-state index is 0.0416. The molecular formula is C15H23Cl2N. The van der Waals surface area contributed by atoms with E-state index in [2.05, 4.69) is 39.9 Å². The van der Waals surface area contributed by atoms with Crippen LogP contribution in [0, 0.1) is 0 Å². The van der Waals surface area contributed by atoms with Crippen LogP contribution in [0.4, 0.5) is 0 Å². The molecule has 102 valence electrons. The Hall–Kier alpha value is -0.240. The first-order valence-electron chi connectivity index (χ1n) is 6.32. The van der Waals surface area contributed by atoms with Crippen molar-refractivity contribution in [2.75, 3.05) is 6.54 Å². The molecule has 0 aliphatic rings. The summed E-state index contributed by atoms with van der Waals surface area (Å²) in [6, 6.07) is 5.75. The Kier molecular flexibility index (Phi) is 5.11. The Balaban J connectivity index is 2.73. The summed E-state index contributed by atoms with van der Waals surface area (Å²) >= 11 is 12.2. The van der Waals surface area contributed by atoms with Gasteiger partial charge in [-0.05, 0) is 56.8 Å². The second-order valence-corrected chi connectivity index (χ2v) is 7.28. The standard InChI is InChI=1S/C15H23Cl2N/c1-14(2,3)18-9-8-15(4,5)12-7-6-11(16)10-13(12)17/h6-7,10,18H,8-9H2,1-5H3. The molecule has 1 N–H and O–H groups in total. The largest absolute Gasteiger partial charge is 0.312 e. The molecule has 0 saturated heterocycles. The zero-order chi connectivity index (χ0) is 14.0. The van der Waals surface area contributed by atoms with E-state index in [1.807, 2.05) is 18.2 Å². The predicted octanol–water partition coefficient (Wildman–Crippen LogP) is 5.05. The van der Waals surface area contributed by atoms with Gasteiger partial charge < -0.3 is 5.32 Å². The van der Waals surface area contributed by atoms with E-state index in [1.165, 1.54) is 0 Å². The lowest BCUT2D eigenvalue weighted by atomic mass is 9.81. The van der Waals surface area contributed by atoms with Crippen LogP contribution in [0.1, 0.15) is 46.6 Å². The molecule has 0 heterocycles. The average molecular weight is 288 g/mol. The van der Waals surface area contributed by atoms with Crippen molar-refractivity contribution in [1.82, 2.24) is 5.32 Å². The summed E-state index contributed by atoms with van der Waals surface area (Å²) in [6.07, 6.45) is 1.03. The fourth-order valence-corrected chi connectivity index (χ4v) is 2.59. The van der Waals surface area contributed by atoms with E-state index in [0.717, 1.165) is 23.6 Å². The van der Waals surface area contributed by atoms with Gasteiger partial charge >= 0.3 is 0 Å². The Bertz CT molecular complexity index is 405. The highest BCUT2D eigenvalue weighted by molar-refractivity contribution is 6.35. The maximum atomic E-state index is 6.28. The van der Waals surface area contributed by atoms with Gasteiger partial charge in [0.15, 0.2) is 0 Å². The van der Waals surface area contributed by atoms with Crippen LogP contribution >= 0.6 is 23.2 Å². The summed E-state index contributed by atoms with van der Waals surface area (Å²) in [6.45, 7) is 11.9. The maximum absolute atomic E-state index is 6.28. The monoisotopic (exact) mass is 287 g/mol. The lowest BCUT2D eigenvalue weighted by molar-refractivity contribution is 0.379. The fourth-order valence-electron chi connectivity index (χ4n) is 1.92. The zero-order valence-corrected chi connectivity index (χ0v) is 13.4. The van der Waals surface area contributed by atoms with Crippen molar-refractivity contribution >= 4 is 23.2 Å². The molecule has 0 radical (unpaired) electrons. The molecule has 0 aromatic heterocycles. The minimum absolute atomic E-state index is 0.0416. The van der Waals surface area contributed by atoms with Gasteiger partial charge in [-0.15, -0.1) is 0 Å². The van der Waals surface area contributed by atoms with Gasteiger partial charge in [0.2, 0.25) is 0 Å². The van der Waals surface area contributed by atoms with Crippen LogP contribution < -0.4 is 5.32 Å². The zero-order valence-electron chi connectivity index (χ0n) is 11.9. The SMILES string of the molecule is CC(C)(C)NCCC(C)(C)c1ccc(Cl)cc1Cl. The van der Waals surface area contributed by atoms with Crippen LogP contribution in [-0.4, -0.2) is 12.1 Å². The Morgan fingerprint density at radius 1 is 1.06 bits per heavy atom. The molecule has 0 unspecified atom stereocenters. The molecule has 0 spiro atoms. The van der Waals surface area contributed by atoms with E-state index < -0.39 is 0 Å². The van der Waals surface area contributed by atoms with Crippen molar-refractivity contribution in [2.24, 2.45) is 0 Å². The predicted molar refractivity (Wildman–Crippen MR) is 81.9 cm³/mol. The first-order chi connectivity index (χ1) is 8.12. The van der Waals surface area contributed by atoms with Gasteiger partial charge in [-0.2, -0.15) is 0 Å². The first kappa shape index (κ1) is 15.8. The van der Waals surface area contributed by atoms with Crippen molar-refractivity contribution in [3.63, 3.8) is 0 Å². The summed E-state index contributed by atoms with van der Waals surface area (Å²) in [4.78, 5) is 0. The lowest BCUT2D eigenvalue weighted by Crippen LogP contribution is -2.38. The molecular weight excluding hydrogens is 265 g/mol. The first-order valence-corrected chi connectivity index (χ1v) is 7.08. The molecule has 0 aliphatic carbocycles. The second kappa shape index (κ2) is 5.81. The van der Waals surface area contributed by atoms with E-state index in [0.29, 0.717) is 5.02 Å². The maximum Gasteiger partial charge on any atom is 0.0458 e. The molecule has 0 amide bonds. The van der Waals surface area contributed by atoms with E-state index in [1.54, 1.807) is 0 Å². The summed E-state index contributed by atoms with van der Waals surface area (Å²) in [5, 5.41) is 4.95. The third kappa shape index (κ3) is 4.79. The van der Waals surface area contributed by atoms with Gasteiger partial charge in [-0.25, -0.2) is 0 Å². The van der Waals surface area contributed by atoms with Gasteiger partial charge in [-0.1, -0.05) is 43.1 Å². The van der Waals surface area contributed by atoms with Crippen LogP contribution in [0.15, 0.2) is 18.2 Å². The molecule has 1 aromatic carbocycles. The fraction of sp³-hybridized carbons (Fsp3) is 0.600. The number of hydrogen-bond donors (Lipinski definition) is 1.